The van der Waals surface area contributed by atoms with Crippen LogP contribution in [0.4, 0.5) is 15.9 Å². The number of halogens is 1. The lowest BCUT2D eigenvalue weighted by Gasteiger charge is -2.28. The largest absolute Gasteiger partial charge is 0.378 e. The van der Waals surface area contributed by atoms with E-state index in [2.05, 4.69) is 25.7 Å². The van der Waals surface area contributed by atoms with E-state index in [0.29, 0.717) is 37.7 Å². The zero-order valence-electron chi connectivity index (χ0n) is 14.9. The number of anilines is 2. The summed E-state index contributed by atoms with van der Waals surface area (Å²) in [6.45, 7) is 3.98. The van der Waals surface area contributed by atoms with Crippen molar-refractivity contribution in [3.63, 3.8) is 0 Å². The van der Waals surface area contributed by atoms with Crippen LogP contribution >= 0.6 is 0 Å². The average Bonchev–Trinajstić information content (AvgIpc) is 2.71. The van der Waals surface area contributed by atoms with Crippen molar-refractivity contribution in [2.45, 2.75) is 0 Å². The maximum atomic E-state index is 13.5. The van der Waals surface area contributed by atoms with Crippen LogP contribution in [0.1, 0.15) is 5.56 Å². The first-order valence-corrected chi connectivity index (χ1v) is 8.82. The molecule has 2 heterocycles. The summed E-state index contributed by atoms with van der Waals surface area (Å²) < 4.78 is 18.8. The molecule has 142 valence electrons. The standard InChI is InChI=1S/C19H22FN5O2/c20-17-4-2-1-3-15(17)5-6-19(26)22-8-7-21-18-13-16(14-23-24-18)25-9-11-27-12-10-25/h1-6,13-14H,7-12H2,(H,21,24)(H,22,26)/b6-5+. The van der Waals surface area contributed by atoms with Gasteiger partial charge in [0, 0.05) is 43.9 Å². The molecule has 27 heavy (non-hydrogen) atoms. The third-order valence-corrected chi connectivity index (χ3v) is 4.07. The van der Waals surface area contributed by atoms with Gasteiger partial charge in [-0.1, -0.05) is 18.2 Å². The van der Waals surface area contributed by atoms with Crippen molar-refractivity contribution in [1.82, 2.24) is 15.5 Å². The zero-order valence-corrected chi connectivity index (χ0v) is 14.9. The first-order valence-electron chi connectivity index (χ1n) is 8.82. The number of rotatable bonds is 7. The van der Waals surface area contributed by atoms with Crippen molar-refractivity contribution in [2.75, 3.05) is 49.6 Å². The second-order valence-corrected chi connectivity index (χ2v) is 5.97. The summed E-state index contributed by atoms with van der Waals surface area (Å²) in [6, 6.07) is 8.22. The van der Waals surface area contributed by atoms with Gasteiger partial charge >= 0.3 is 0 Å². The van der Waals surface area contributed by atoms with Crippen molar-refractivity contribution in [3.8, 4) is 0 Å². The molecule has 0 unspecified atom stereocenters. The average molecular weight is 371 g/mol. The van der Waals surface area contributed by atoms with Crippen molar-refractivity contribution in [2.24, 2.45) is 0 Å². The van der Waals surface area contributed by atoms with Crippen LogP contribution in [0.15, 0.2) is 42.6 Å². The van der Waals surface area contributed by atoms with Gasteiger partial charge in [-0.3, -0.25) is 4.79 Å². The van der Waals surface area contributed by atoms with Gasteiger partial charge in [-0.15, -0.1) is 5.10 Å². The number of amides is 1. The Morgan fingerprint density at radius 2 is 2.07 bits per heavy atom. The number of hydrogen-bond donors (Lipinski definition) is 2. The number of benzene rings is 1. The number of carbonyl (C=O) groups is 1. The van der Waals surface area contributed by atoms with Crippen molar-refractivity contribution >= 4 is 23.5 Å². The van der Waals surface area contributed by atoms with E-state index in [0.717, 1.165) is 18.8 Å². The van der Waals surface area contributed by atoms with Crippen molar-refractivity contribution < 1.29 is 13.9 Å². The number of ether oxygens (including phenoxy) is 1. The topological polar surface area (TPSA) is 79.4 Å². The van der Waals surface area contributed by atoms with E-state index in [1.54, 1.807) is 24.4 Å². The summed E-state index contributed by atoms with van der Waals surface area (Å²) in [5.74, 6) is 0.00489. The van der Waals surface area contributed by atoms with Crippen LogP contribution in [0.3, 0.4) is 0 Å². The summed E-state index contributed by atoms with van der Waals surface area (Å²) in [4.78, 5) is 14.0. The number of nitrogens with one attached hydrogen (secondary N) is 2. The lowest BCUT2D eigenvalue weighted by atomic mass is 10.2. The zero-order chi connectivity index (χ0) is 18.9. The number of carbonyl (C=O) groups excluding carboxylic acids is 1. The van der Waals surface area contributed by atoms with E-state index in [9.17, 15) is 9.18 Å². The predicted octanol–water partition coefficient (Wildman–Crippen LogP) is 1.69. The lowest BCUT2D eigenvalue weighted by Crippen LogP contribution is -2.36. The molecular formula is C19H22FN5O2. The Morgan fingerprint density at radius 1 is 1.26 bits per heavy atom. The van der Waals surface area contributed by atoms with Crippen LogP contribution in [-0.2, 0) is 9.53 Å². The molecule has 7 nitrogen and oxygen atoms in total. The van der Waals surface area contributed by atoms with E-state index in [1.165, 1.54) is 18.2 Å². The quantitative estimate of drug-likeness (QED) is 0.570. The predicted molar refractivity (Wildman–Crippen MR) is 102 cm³/mol. The van der Waals surface area contributed by atoms with Gasteiger partial charge < -0.3 is 20.3 Å². The van der Waals surface area contributed by atoms with E-state index >= 15 is 0 Å². The van der Waals surface area contributed by atoms with Crippen molar-refractivity contribution in [1.29, 1.82) is 0 Å². The van der Waals surface area contributed by atoms with Crippen LogP contribution in [0.25, 0.3) is 6.08 Å². The van der Waals surface area contributed by atoms with E-state index in [1.807, 2.05) is 6.07 Å². The summed E-state index contributed by atoms with van der Waals surface area (Å²) >= 11 is 0. The van der Waals surface area contributed by atoms with E-state index in [-0.39, 0.29) is 11.7 Å². The summed E-state index contributed by atoms with van der Waals surface area (Å²) in [5.41, 5.74) is 1.37. The van der Waals surface area contributed by atoms with Gasteiger partial charge in [-0.2, -0.15) is 5.10 Å². The first-order chi connectivity index (χ1) is 13.2. The number of nitrogens with zero attached hydrogens (tertiary/aromatic N) is 3. The van der Waals surface area contributed by atoms with Crippen LogP contribution in [0.2, 0.25) is 0 Å². The molecular weight excluding hydrogens is 349 g/mol. The SMILES string of the molecule is O=C(/C=C/c1ccccc1F)NCCNc1cc(N2CCOCC2)cnn1. The number of aromatic nitrogens is 2. The van der Waals surface area contributed by atoms with E-state index in [4.69, 9.17) is 4.74 Å². The molecule has 2 aromatic rings. The minimum absolute atomic E-state index is 0.284. The second-order valence-electron chi connectivity index (χ2n) is 5.97. The molecule has 0 atom stereocenters. The maximum Gasteiger partial charge on any atom is 0.244 e. The number of hydrogen-bond acceptors (Lipinski definition) is 6. The molecule has 0 aliphatic carbocycles. The molecule has 3 rings (SSSR count). The minimum Gasteiger partial charge on any atom is -0.378 e. The Labute approximate surface area is 157 Å². The van der Waals surface area contributed by atoms with Gasteiger partial charge in [-0.25, -0.2) is 4.39 Å². The molecule has 1 amide bonds. The normalized spacial score (nSPS) is 14.3. The highest BCUT2D eigenvalue weighted by Gasteiger charge is 2.12. The van der Waals surface area contributed by atoms with Crippen LogP contribution in [0.5, 0.6) is 0 Å². The van der Waals surface area contributed by atoms with Crippen LogP contribution in [0, 0.1) is 5.82 Å². The molecule has 1 aromatic carbocycles. The molecule has 0 spiro atoms. The molecule has 0 bridgehead atoms. The minimum atomic E-state index is -0.359. The second kappa shape index (κ2) is 9.63. The molecule has 1 fully saturated rings. The molecule has 8 heteroatoms. The Kier molecular flexibility index (Phi) is 6.70. The summed E-state index contributed by atoms with van der Waals surface area (Å²) in [5, 5.41) is 13.9. The van der Waals surface area contributed by atoms with Crippen molar-refractivity contribution in [3.05, 3.63) is 54.0 Å². The Bertz CT molecular complexity index is 793. The van der Waals surface area contributed by atoms with Gasteiger partial charge in [0.15, 0.2) is 5.82 Å². The summed E-state index contributed by atoms with van der Waals surface area (Å²) in [7, 11) is 0. The molecule has 1 aromatic heterocycles. The third-order valence-electron chi connectivity index (χ3n) is 4.07. The molecule has 1 saturated heterocycles. The lowest BCUT2D eigenvalue weighted by molar-refractivity contribution is -0.116. The molecule has 2 N–H and O–H groups in total. The fraction of sp³-hybridized carbons (Fsp3) is 0.316. The first kappa shape index (κ1) is 18.8. The van der Waals surface area contributed by atoms with Crippen LogP contribution < -0.4 is 15.5 Å². The smallest absolute Gasteiger partial charge is 0.244 e. The highest BCUT2D eigenvalue weighted by Crippen LogP contribution is 2.16. The van der Waals surface area contributed by atoms with Gasteiger partial charge in [0.25, 0.3) is 0 Å². The van der Waals surface area contributed by atoms with Gasteiger partial charge in [0.05, 0.1) is 25.1 Å². The monoisotopic (exact) mass is 371 g/mol. The third kappa shape index (κ3) is 5.75. The highest BCUT2D eigenvalue weighted by molar-refractivity contribution is 5.91. The van der Waals surface area contributed by atoms with Crippen LogP contribution in [-0.4, -0.2) is 55.5 Å². The highest BCUT2D eigenvalue weighted by atomic mass is 19.1. The van der Waals surface area contributed by atoms with E-state index < -0.39 is 0 Å². The number of morpholine rings is 1. The summed E-state index contributed by atoms with van der Waals surface area (Å²) in [6.07, 6.45) is 4.50. The molecule has 0 saturated carbocycles. The molecule has 1 aliphatic rings. The van der Waals surface area contributed by atoms with Gasteiger partial charge in [-0.05, 0) is 12.1 Å². The molecule has 0 radical (unpaired) electrons. The fourth-order valence-electron chi connectivity index (χ4n) is 2.65. The Hall–Kier alpha value is -3.00. The molecule has 1 aliphatic heterocycles. The fourth-order valence-corrected chi connectivity index (χ4v) is 2.65. The Balaban J connectivity index is 1.42. The Morgan fingerprint density at radius 3 is 2.89 bits per heavy atom. The maximum absolute atomic E-state index is 13.5. The van der Waals surface area contributed by atoms with Gasteiger partial charge in [0.2, 0.25) is 5.91 Å². The van der Waals surface area contributed by atoms with Gasteiger partial charge in [0.1, 0.15) is 5.82 Å².